The fraction of sp³-hybridized carbons (Fsp3) is 0.417. The maximum Gasteiger partial charge on any atom is 0.228 e. The third-order valence-electron chi connectivity index (χ3n) is 2.94. The van der Waals surface area contributed by atoms with Gasteiger partial charge in [-0.3, -0.25) is 4.79 Å². The molecule has 1 aliphatic heterocycles. The van der Waals surface area contributed by atoms with Crippen molar-refractivity contribution in [2.24, 2.45) is 5.41 Å². The summed E-state index contributed by atoms with van der Waals surface area (Å²) < 4.78 is 12.6. The molecule has 86 valence electrons. The van der Waals surface area contributed by atoms with Gasteiger partial charge in [-0.05, 0) is 24.6 Å². The number of rotatable bonds is 3. The zero-order valence-electron chi connectivity index (χ0n) is 9.22. The lowest BCUT2D eigenvalue weighted by Crippen LogP contribution is -2.59. The van der Waals surface area contributed by atoms with E-state index in [9.17, 15) is 9.18 Å². The van der Waals surface area contributed by atoms with Crippen LogP contribution < -0.4 is 10.6 Å². The van der Waals surface area contributed by atoms with Gasteiger partial charge in [-0.2, -0.15) is 0 Å². The quantitative estimate of drug-likeness (QED) is 0.802. The summed E-state index contributed by atoms with van der Waals surface area (Å²) in [5.74, 6) is -0.208. The van der Waals surface area contributed by atoms with E-state index in [0.29, 0.717) is 6.54 Å². The van der Waals surface area contributed by atoms with Crippen LogP contribution in [0.2, 0.25) is 0 Å². The van der Waals surface area contributed by atoms with Gasteiger partial charge in [0.15, 0.2) is 0 Å². The summed E-state index contributed by atoms with van der Waals surface area (Å²) in [4.78, 5) is 11.8. The first kappa shape index (κ1) is 11.1. The van der Waals surface area contributed by atoms with Crippen molar-refractivity contribution in [1.29, 1.82) is 0 Å². The Morgan fingerprint density at radius 2 is 2.06 bits per heavy atom. The minimum absolute atomic E-state index is 0.0515. The molecule has 16 heavy (non-hydrogen) atoms. The van der Waals surface area contributed by atoms with E-state index in [2.05, 4.69) is 10.6 Å². The van der Waals surface area contributed by atoms with Crippen LogP contribution in [0.3, 0.4) is 0 Å². The van der Waals surface area contributed by atoms with Gasteiger partial charge in [0, 0.05) is 19.6 Å². The average Bonchev–Trinajstić information content (AvgIpc) is 2.24. The molecule has 1 aromatic rings. The normalized spacial score (nSPS) is 17.6. The van der Waals surface area contributed by atoms with Crippen molar-refractivity contribution < 1.29 is 9.18 Å². The number of carbonyl (C=O) groups is 1. The van der Waals surface area contributed by atoms with Crippen molar-refractivity contribution in [3.8, 4) is 0 Å². The summed E-state index contributed by atoms with van der Waals surface area (Å²) >= 11 is 0. The second kappa shape index (κ2) is 4.22. The highest BCUT2D eigenvalue weighted by Gasteiger charge is 2.38. The summed E-state index contributed by atoms with van der Waals surface area (Å²) in [6, 6.07) is 6.15. The molecule has 3 nitrogen and oxygen atoms in total. The minimum atomic E-state index is -0.278. The fourth-order valence-electron chi connectivity index (χ4n) is 1.66. The Bertz CT molecular complexity index is 385. The van der Waals surface area contributed by atoms with Crippen LogP contribution in [0.15, 0.2) is 24.3 Å². The van der Waals surface area contributed by atoms with Crippen molar-refractivity contribution in [2.45, 2.75) is 13.5 Å². The van der Waals surface area contributed by atoms with Gasteiger partial charge in [-0.15, -0.1) is 0 Å². The van der Waals surface area contributed by atoms with Crippen molar-refractivity contribution in [2.75, 3.05) is 13.1 Å². The van der Waals surface area contributed by atoms with Gasteiger partial charge in [-0.25, -0.2) is 4.39 Å². The second-order valence-electron chi connectivity index (χ2n) is 4.47. The standard InChI is InChI=1S/C12H15FN2O/c1-12(7-14-8-12)11(16)15-6-9-2-4-10(13)5-3-9/h2-5,14H,6-8H2,1H3,(H,15,16). The number of nitrogens with one attached hydrogen (secondary N) is 2. The molecule has 1 aromatic carbocycles. The lowest BCUT2D eigenvalue weighted by molar-refractivity contribution is -0.132. The van der Waals surface area contributed by atoms with Crippen LogP contribution >= 0.6 is 0 Å². The van der Waals surface area contributed by atoms with Crippen LogP contribution in [0, 0.1) is 11.2 Å². The van der Waals surface area contributed by atoms with E-state index < -0.39 is 0 Å². The molecule has 0 aromatic heterocycles. The second-order valence-corrected chi connectivity index (χ2v) is 4.47. The van der Waals surface area contributed by atoms with E-state index in [1.54, 1.807) is 12.1 Å². The summed E-state index contributed by atoms with van der Waals surface area (Å²) in [6.07, 6.45) is 0. The molecule has 0 unspecified atom stereocenters. The third kappa shape index (κ3) is 2.22. The summed E-state index contributed by atoms with van der Waals surface area (Å²) in [7, 11) is 0. The predicted molar refractivity (Wildman–Crippen MR) is 59.2 cm³/mol. The van der Waals surface area contributed by atoms with Gasteiger partial charge in [0.2, 0.25) is 5.91 Å². The van der Waals surface area contributed by atoms with E-state index >= 15 is 0 Å². The van der Waals surface area contributed by atoms with Crippen LogP contribution in [0.4, 0.5) is 4.39 Å². The molecular weight excluding hydrogens is 207 g/mol. The summed E-state index contributed by atoms with van der Waals surface area (Å²) in [5, 5.41) is 5.94. The van der Waals surface area contributed by atoms with Crippen molar-refractivity contribution >= 4 is 5.91 Å². The molecule has 1 fully saturated rings. The maximum absolute atomic E-state index is 12.6. The maximum atomic E-state index is 12.6. The number of halogens is 1. The minimum Gasteiger partial charge on any atom is -0.351 e. The Morgan fingerprint density at radius 1 is 1.44 bits per heavy atom. The zero-order valence-corrected chi connectivity index (χ0v) is 9.22. The Morgan fingerprint density at radius 3 is 2.56 bits per heavy atom. The molecule has 1 heterocycles. The Kier molecular flexibility index (Phi) is 2.92. The first-order chi connectivity index (χ1) is 7.60. The molecule has 0 spiro atoms. The number of carbonyl (C=O) groups excluding carboxylic acids is 1. The lowest BCUT2D eigenvalue weighted by atomic mass is 9.83. The zero-order chi connectivity index (χ0) is 11.6. The van der Waals surface area contributed by atoms with Crippen LogP contribution in [-0.4, -0.2) is 19.0 Å². The fourth-order valence-corrected chi connectivity index (χ4v) is 1.66. The number of hydrogen-bond donors (Lipinski definition) is 2. The Labute approximate surface area is 94.0 Å². The number of hydrogen-bond acceptors (Lipinski definition) is 2. The Balaban J connectivity index is 1.87. The summed E-state index contributed by atoms with van der Waals surface area (Å²) in [5.41, 5.74) is 0.630. The first-order valence-electron chi connectivity index (χ1n) is 5.34. The van der Waals surface area contributed by atoms with Gasteiger partial charge >= 0.3 is 0 Å². The topological polar surface area (TPSA) is 41.1 Å². The molecule has 1 aliphatic rings. The number of amides is 1. The van der Waals surface area contributed by atoms with E-state index in [1.165, 1.54) is 12.1 Å². The monoisotopic (exact) mass is 222 g/mol. The van der Waals surface area contributed by atoms with Crippen LogP contribution in [-0.2, 0) is 11.3 Å². The van der Waals surface area contributed by atoms with Gasteiger partial charge in [0.25, 0.3) is 0 Å². The van der Waals surface area contributed by atoms with Crippen LogP contribution in [0.25, 0.3) is 0 Å². The SMILES string of the molecule is CC1(C(=O)NCc2ccc(F)cc2)CNC1. The van der Waals surface area contributed by atoms with E-state index in [1.807, 2.05) is 6.92 Å². The highest BCUT2D eigenvalue weighted by molar-refractivity contribution is 5.83. The molecule has 4 heteroatoms. The molecular formula is C12H15FN2O. The molecule has 0 radical (unpaired) electrons. The molecule has 2 rings (SSSR count). The van der Waals surface area contributed by atoms with Crippen molar-refractivity contribution in [3.63, 3.8) is 0 Å². The molecule has 2 N–H and O–H groups in total. The largest absolute Gasteiger partial charge is 0.351 e. The Hall–Kier alpha value is -1.42. The van der Waals surface area contributed by atoms with Gasteiger partial charge < -0.3 is 10.6 Å². The van der Waals surface area contributed by atoms with E-state index in [-0.39, 0.29) is 17.1 Å². The molecule has 1 amide bonds. The summed E-state index contributed by atoms with van der Waals surface area (Å²) in [6.45, 7) is 3.84. The first-order valence-corrected chi connectivity index (χ1v) is 5.34. The van der Waals surface area contributed by atoms with Gasteiger partial charge in [-0.1, -0.05) is 12.1 Å². The van der Waals surface area contributed by atoms with Gasteiger partial charge in [0.05, 0.1) is 5.41 Å². The molecule has 0 atom stereocenters. The van der Waals surface area contributed by atoms with Crippen LogP contribution in [0.1, 0.15) is 12.5 Å². The van der Waals surface area contributed by atoms with E-state index in [4.69, 9.17) is 0 Å². The highest BCUT2D eigenvalue weighted by atomic mass is 19.1. The molecule has 0 aliphatic carbocycles. The van der Waals surface area contributed by atoms with Crippen molar-refractivity contribution in [1.82, 2.24) is 10.6 Å². The molecule has 1 saturated heterocycles. The smallest absolute Gasteiger partial charge is 0.228 e. The van der Waals surface area contributed by atoms with Crippen LogP contribution in [0.5, 0.6) is 0 Å². The average molecular weight is 222 g/mol. The van der Waals surface area contributed by atoms with Crippen molar-refractivity contribution in [3.05, 3.63) is 35.6 Å². The highest BCUT2D eigenvalue weighted by Crippen LogP contribution is 2.21. The third-order valence-corrected chi connectivity index (χ3v) is 2.94. The van der Waals surface area contributed by atoms with Gasteiger partial charge in [0.1, 0.15) is 5.82 Å². The lowest BCUT2D eigenvalue weighted by Gasteiger charge is -2.37. The number of benzene rings is 1. The van der Waals surface area contributed by atoms with E-state index in [0.717, 1.165) is 18.7 Å². The molecule has 0 saturated carbocycles. The molecule has 0 bridgehead atoms. The predicted octanol–water partition coefficient (Wildman–Crippen LogP) is 1.05.